The van der Waals surface area contributed by atoms with Gasteiger partial charge in [-0.25, -0.2) is 4.79 Å². The van der Waals surface area contributed by atoms with Gasteiger partial charge in [-0.05, 0) is 17.9 Å². The number of halogens is 1. The number of rotatable bonds is 0. The molecule has 0 aliphatic carbocycles. The van der Waals surface area contributed by atoms with Gasteiger partial charge >= 0.3 is 4.94 Å². The van der Waals surface area contributed by atoms with Crippen LogP contribution in [-0.4, -0.2) is 0 Å². The van der Waals surface area contributed by atoms with Crippen LogP contribution in [0.2, 0.25) is 5.02 Å². The largest absolute Gasteiger partial charge is 0.413 e. The molecular weight excluding hydrogens is 244 g/mol. The number of hydrogen-bond donors (Lipinski definition) is 0. The molecule has 2 aromatic carbocycles. The van der Waals surface area contributed by atoms with Gasteiger partial charge in [0.1, 0.15) is 0 Å². The Balaban J connectivity index is 2.73. The Morgan fingerprint density at radius 2 is 1.94 bits per heavy atom. The standard InChI is InChI=1S/C12H7ClO2S/c1-6-7-4-2-3-5-8(7)10-11(9(6)13)16-12(14)15-10/h2-5H,1H3. The maximum absolute atomic E-state index is 11.3. The van der Waals surface area contributed by atoms with Gasteiger partial charge < -0.3 is 4.42 Å². The second-order valence-corrected chi connectivity index (χ2v) is 4.92. The number of fused-ring (bicyclic) bond motifs is 3. The molecule has 0 saturated heterocycles. The van der Waals surface area contributed by atoms with Crippen LogP contribution in [0.3, 0.4) is 0 Å². The third-order valence-electron chi connectivity index (χ3n) is 2.68. The van der Waals surface area contributed by atoms with Gasteiger partial charge in [-0.3, -0.25) is 0 Å². The van der Waals surface area contributed by atoms with E-state index in [0.29, 0.717) is 10.6 Å². The Labute approximate surface area is 100 Å². The molecule has 0 N–H and O–H groups in total. The van der Waals surface area contributed by atoms with E-state index in [-0.39, 0.29) is 4.94 Å². The van der Waals surface area contributed by atoms with Crippen LogP contribution < -0.4 is 4.94 Å². The maximum atomic E-state index is 11.3. The molecular formula is C12H7ClO2S. The lowest BCUT2D eigenvalue weighted by Crippen LogP contribution is -1.82. The van der Waals surface area contributed by atoms with E-state index in [9.17, 15) is 4.79 Å². The Morgan fingerprint density at radius 1 is 1.25 bits per heavy atom. The summed E-state index contributed by atoms with van der Waals surface area (Å²) in [6, 6.07) is 7.79. The predicted molar refractivity (Wildman–Crippen MR) is 67.6 cm³/mol. The molecule has 0 atom stereocenters. The SMILES string of the molecule is Cc1c(Cl)c2sc(=O)oc2c2ccccc12. The summed E-state index contributed by atoms with van der Waals surface area (Å²) >= 11 is 7.28. The highest BCUT2D eigenvalue weighted by Gasteiger charge is 2.14. The fourth-order valence-electron chi connectivity index (χ4n) is 1.90. The lowest BCUT2D eigenvalue weighted by Gasteiger charge is -2.04. The molecule has 4 heteroatoms. The molecule has 0 radical (unpaired) electrons. The summed E-state index contributed by atoms with van der Waals surface area (Å²) < 4.78 is 5.93. The van der Waals surface area contributed by atoms with Crippen LogP contribution in [0, 0.1) is 6.92 Å². The van der Waals surface area contributed by atoms with E-state index in [1.807, 2.05) is 31.2 Å². The highest BCUT2D eigenvalue weighted by atomic mass is 35.5. The van der Waals surface area contributed by atoms with E-state index in [4.69, 9.17) is 16.0 Å². The lowest BCUT2D eigenvalue weighted by molar-refractivity contribution is 0.588. The summed E-state index contributed by atoms with van der Waals surface area (Å²) in [5.41, 5.74) is 1.59. The summed E-state index contributed by atoms with van der Waals surface area (Å²) in [6.07, 6.45) is 0. The lowest BCUT2D eigenvalue weighted by atomic mass is 10.1. The highest BCUT2D eigenvalue weighted by Crippen LogP contribution is 2.36. The molecule has 1 aromatic heterocycles. The van der Waals surface area contributed by atoms with E-state index in [2.05, 4.69) is 0 Å². The van der Waals surface area contributed by atoms with Crippen LogP contribution in [0.15, 0.2) is 33.5 Å². The minimum Gasteiger partial charge on any atom is -0.413 e. The number of hydrogen-bond acceptors (Lipinski definition) is 3. The zero-order chi connectivity index (χ0) is 11.3. The van der Waals surface area contributed by atoms with Gasteiger partial charge in [-0.2, -0.15) is 0 Å². The van der Waals surface area contributed by atoms with Gasteiger partial charge in [0.25, 0.3) is 0 Å². The summed E-state index contributed by atoms with van der Waals surface area (Å²) in [5, 5.41) is 2.59. The summed E-state index contributed by atoms with van der Waals surface area (Å²) in [5.74, 6) is 0. The molecule has 3 rings (SSSR count). The van der Waals surface area contributed by atoms with Crippen molar-refractivity contribution in [1.29, 1.82) is 0 Å². The third-order valence-corrected chi connectivity index (χ3v) is 4.11. The van der Waals surface area contributed by atoms with Gasteiger partial charge in [0, 0.05) is 5.39 Å². The molecule has 0 aliphatic heterocycles. The van der Waals surface area contributed by atoms with Crippen molar-refractivity contribution >= 4 is 44.0 Å². The Bertz CT molecular complexity index is 755. The average molecular weight is 251 g/mol. The Morgan fingerprint density at radius 3 is 2.69 bits per heavy atom. The van der Waals surface area contributed by atoms with Gasteiger partial charge in [-0.15, -0.1) is 0 Å². The van der Waals surface area contributed by atoms with Gasteiger partial charge in [0.05, 0.1) is 9.72 Å². The molecule has 0 fully saturated rings. The zero-order valence-corrected chi connectivity index (χ0v) is 9.98. The Hall–Kier alpha value is -1.32. The first-order valence-electron chi connectivity index (χ1n) is 4.79. The third kappa shape index (κ3) is 1.22. The first-order valence-corrected chi connectivity index (χ1v) is 5.98. The normalized spacial score (nSPS) is 11.4. The highest BCUT2D eigenvalue weighted by molar-refractivity contribution is 7.17. The topological polar surface area (TPSA) is 30.2 Å². The van der Waals surface area contributed by atoms with Gasteiger partial charge in [-0.1, -0.05) is 47.2 Å². The van der Waals surface area contributed by atoms with E-state index >= 15 is 0 Å². The van der Waals surface area contributed by atoms with Crippen molar-refractivity contribution in [3.8, 4) is 0 Å². The predicted octanol–water partition coefficient (Wildman–Crippen LogP) is 3.97. The molecule has 0 spiro atoms. The van der Waals surface area contributed by atoms with E-state index < -0.39 is 0 Å². The molecule has 0 saturated carbocycles. The molecule has 0 aliphatic rings. The molecule has 80 valence electrons. The average Bonchev–Trinajstić information content (AvgIpc) is 2.68. The van der Waals surface area contributed by atoms with Crippen LogP contribution in [0.25, 0.3) is 21.1 Å². The molecule has 1 heterocycles. The quantitative estimate of drug-likeness (QED) is 0.604. The fourth-order valence-corrected chi connectivity index (χ4v) is 2.98. The fraction of sp³-hybridized carbons (Fsp3) is 0.0833. The summed E-state index contributed by atoms with van der Waals surface area (Å²) in [6.45, 7) is 1.95. The van der Waals surface area contributed by atoms with Crippen molar-refractivity contribution in [3.05, 3.63) is 44.6 Å². The number of benzene rings is 2. The summed E-state index contributed by atoms with van der Waals surface area (Å²) in [7, 11) is 0. The molecule has 16 heavy (non-hydrogen) atoms. The molecule has 3 aromatic rings. The summed E-state index contributed by atoms with van der Waals surface area (Å²) in [4.78, 5) is 11.0. The number of aryl methyl sites for hydroxylation is 1. The molecule has 0 amide bonds. The zero-order valence-electron chi connectivity index (χ0n) is 8.41. The van der Waals surface area contributed by atoms with Crippen molar-refractivity contribution in [2.75, 3.05) is 0 Å². The minimum absolute atomic E-state index is 0.312. The minimum atomic E-state index is -0.312. The second kappa shape index (κ2) is 3.34. The smallest absolute Gasteiger partial charge is 0.396 e. The monoisotopic (exact) mass is 250 g/mol. The Kier molecular flexibility index (Phi) is 2.06. The van der Waals surface area contributed by atoms with Crippen LogP contribution >= 0.6 is 22.9 Å². The van der Waals surface area contributed by atoms with E-state index in [0.717, 1.165) is 32.4 Å². The molecule has 2 nitrogen and oxygen atoms in total. The van der Waals surface area contributed by atoms with Crippen LogP contribution in [-0.2, 0) is 0 Å². The van der Waals surface area contributed by atoms with Crippen LogP contribution in [0.4, 0.5) is 0 Å². The molecule has 0 unspecified atom stereocenters. The van der Waals surface area contributed by atoms with Gasteiger partial charge in [0.15, 0.2) is 5.58 Å². The first kappa shape index (κ1) is 9.87. The van der Waals surface area contributed by atoms with Crippen molar-refractivity contribution in [1.82, 2.24) is 0 Å². The van der Waals surface area contributed by atoms with Crippen LogP contribution in [0.5, 0.6) is 0 Å². The van der Waals surface area contributed by atoms with Crippen molar-refractivity contribution in [2.24, 2.45) is 0 Å². The van der Waals surface area contributed by atoms with Crippen LogP contribution in [0.1, 0.15) is 5.56 Å². The van der Waals surface area contributed by atoms with E-state index in [1.165, 1.54) is 0 Å². The molecule has 0 bridgehead atoms. The second-order valence-electron chi connectivity index (χ2n) is 3.60. The van der Waals surface area contributed by atoms with Crippen molar-refractivity contribution < 1.29 is 4.42 Å². The van der Waals surface area contributed by atoms with Gasteiger partial charge in [0.2, 0.25) is 0 Å². The first-order chi connectivity index (χ1) is 7.68. The maximum Gasteiger partial charge on any atom is 0.396 e. The van der Waals surface area contributed by atoms with E-state index in [1.54, 1.807) is 0 Å². The van der Waals surface area contributed by atoms with Crippen molar-refractivity contribution in [2.45, 2.75) is 6.92 Å². The van der Waals surface area contributed by atoms with Crippen molar-refractivity contribution in [3.63, 3.8) is 0 Å².